The van der Waals surface area contributed by atoms with Crippen molar-refractivity contribution < 1.29 is 9.90 Å². The minimum atomic E-state index is -0.929. The predicted molar refractivity (Wildman–Crippen MR) is 169 cm³/mol. The minimum Gasteiger partial charge on any atom is -0.478 e. The summed E-state index contributed by atoms with van der Waals surface area (Å²) in [5, 5.41) is 14.6. The number of fused-ring (bicyclic) bond motifs is 4. The molecule has 42 heavy (non-hydrogen) atoms. The standard InChI is InChI=1S/C36H28N4O2/c1-20(29-19-38-31-9-5-3-7-26(29)31)35-34(36(41)42)28-17-22(11-13-33(28)40-35)21-10-12-32-27(16-21)24(18-37-32)15-25-14-23-6-2-4-8-30(23)39-25/h2-14,16-20,37-40H,15H2,1H3,(H,41,42). The van der Waals surface area contributed by atoms with Crippen LogP contribution in [0.1, 0.15) is 45.7 Å². The number of carboxylic acids is 1. The summed E-state index contributed by atoms with van der Waals surface area (Å²) in [6.07, 6.45) is 4.85. The van der Waals surface area contributed by atoms with Gasteiger partial charge >= 0.3 is 5.97 Å². The zero-order valence-electron chi connectivity index (χ0n) is 23.0. The van der Waals surface area contributed by atoms with Crippen molar-refractivity contribution in [3.8, 4) is 11.1 Å². The molecule has 4 aromatic heterocycles. The van der Waals surface area contributed by atoms with E-state index in [-0.39, 0.29) is 5.92 Å². The van der Waals surface area contributed by atoms with Gasteiger partial charge in [0.2, 0.25) is 0 Å². The van der Waals surface area contributed by atoms with Crippen molar-refractivity contribution >= 4 is 49.6 Å². The van der Waals surface area contributed by atoms with Crippen LogP contribution in [0.3, 0.4) is 0 Å². The van der Waals surface area contributed by atoms with Crippen molar-refractivity contribution in [1.29, 1.82) is 0 Å². The number of hydrogen-bond donors (Lipinski definition) is 5. The van der Waals surface area contributed by atoms with Crippen molar-refractivity contribution in [3.05, 3.63) is 131 Å². The van der Waals surface area contributed by atoms with E-state index in [0.717, 1.165) is 56.0 Å². The molecule has 0 aliphatic heterocycles. The first-order valence-electron chi connectivity index (χ1n) is 14.2. The predicted octanol–water partition coefficient (Wildman–Crippen LogP) is 8.72. The van der Waals surface area contributed by atoms with Crippen LogP contribution in [-0.2, 0) is 6.42 Å². The molecule has 0 fully saturated rings. The molecule has 204 valence electrons. The Kier molecular flexibility index (Phi) is 5.37. The van der Waals surface area contributed by atoms with E-state index < -0.39 is 5.97 Å². The van der Waals surface area contributed by atoms with Gasteiger partial charge in [-0.1, -0.05) is 55.5 Å². The number of aromatic amines is 4. The molecule has 4 heterocycles. The first-order valence-corrected chi connectivity index (χ1v) is 14.2. The Bertz CT molecular complexity index is 2260. The first-order chi connectivity index (χ1) is 20.5. The monoisotopic (exact) mass is 548 g/mol. The molecule has 0 aliphatic carbocycles. The molecule has 0 bridgehead atoms. The molecule has 0 saturated heterocycles. The number of para-hydroxylation sites is 2. The number of H-pyrrole nitrogens is 4. The maximum Gasteiger partial charge on any atom is 0.338 e. The van der Waals surface area contributed by atoms with Gasteiger partial charge in [-0.2, -0.15) is 0 Å². The molecule has 8 aromatic rings. The minimum absolute atomic E-state index is 0.133. The van der Waals surface area contributed by atoms with Crippen LogP contribution in [0.5, 0.6) is 0 Å². The third-order valence-electron chi connectivity index (χ3n) is 8.63. The summed E-state index contributed by atoms with van der Waals surface area (Å²) >= 11 is 0. The molecule has 1 unspecified atom stereocenters. The summed E-state index contributed by atoms with van der Waals surface area (Å²) in [4.78, 5) is 26.4. The van der Waals surface area contributed by atoms with Gasteiger partial charge in [-0.3, -0.25) is 0 Å². The lowest BCUT2D eigenvalue weighted by molar-refractivity contribution is 0.0697. The molecule has 0 amide bonds. The average Bonchev–Trinajstić information content (AvgIpc) is 3.79. The average molecular weight is 549 g/mol. The smallest absolute Gasteiger partial charge is 0.338 e. The third-order valence-corrected chi connectivity index (χ3v) is 8.63. The van der Waals surface area contributed by atoms with Gasteiger partial charge in [-0.25, -0.2) is 4.79 Å². The summed E-state index contributed by atoms with van der Waals surface area (Å²) in [6.45, 7) is 2.06. The number of rotatable bonds is 6. The molecule has 6 nitrogen and oxygen atoms in total. The van der Waals surface area contributed by atoms with Crippen LogP contribution in [0.2, 0.25) is 0 Å². The molecule has 8 rings (SSSR count). The van der Waals surface area contributed by atoms with Crippen molar-refractivity contribution in [1.82, 2.24) is 19.9 Å². The molecule has 0 spiro atoms. The summed E-state index contributed by atoms with van der Waals surface area (Å²) in [6, 6.07) is 31.1. The maximum atomic E-state index is 12.7. The van der Waals surface area contributed by atoms with Crippen molar-refractivity contribution in [2.75, 3.05) is 0 Å². The number of hydrogen-bond acceptors (Lipinski definition) is 1. The van der Waals surface area contributed by atoms with Gasteiger partial charge in [0.05, 0.1) is 5.56 Å². The normalized spacial score (nSPS) is 12.6. The highest BCUT2D eigenvalue weighted by molar-refractivity contribution is 6.06. The van der Waals surface area contributed by atoms with Crippen molar-refractivity contribution in [3.63, 3.8) is 0 Å². The van der Waals surface area contributed by atoms with Crippen LogP contribution in [0.25, 0.3) is 54.7 Å². The Morgan fingerprint density at radius 2 is 1.40 bits per heavy atom. The molecule has 1 atom stereocenters. The topological polar surface area (TPSA) is 100 Å². The second-order valence-electron chi connectivity index (χ2n) is 11.1. The Balaban J connectivity index is 1.19. The number of carbonyl (C=O) groups is 1. The summed E-state index contributed by atoms with van der Waals surface area (Å²) in [5.74, 6) is -1.06. The summed E-state index contributed by atoms with van der Waals surface area (Å²) < 4.78 is 0. The molecule has 0 saturated carbocycles. The Hall–Kier alpha value is -5.49. The van der Waals surface area contributed by atoms with Crippen LogP contribution in [-0.4, -0.2) is 31.0 Å². The van der Waals surface area contributed by atoms with Crippen LogP contribution in [0, 0.1) is 0 Å². The van der Waals surface area contributed by atoms with Gasteiger partial charge in [0, 0.05) is 74.3 Å². The highest BCUT2D eigenvalue weighted by atomic mass is 16.4. The maximum absolute atomic E-state index is 12.7. The molecule has 4 aromatic carbocycles. The van der Waals surface area contributed by atoms with Gasteiger partial charge in [0.15, 0.2) is 0 Å². The second kappa shape index (κ2) is 9.28. The zero-order valence-corrected chi connectivity index (χ0v) is 23.0. The molecular weight excluding hydrogens is 520 g/mol. The zero-order chi connectivity index (χ0) is 28.4. The molecular formula is C36H28N4O2. The fourth-order valence-corrected chi connectivity index (χ4v) is 6.49. The van der Waals surface area contributed by atoms with E-state index in [4.69, 9.17) is 0 Å². The van der Waals surface area contributed by atoms with Gasteiger partial charge < -0.3 is 25.0 Å². The lowest BCUT2D eigenvalue weighted by Gasteiger charge is -2.11. The highest BCUT2D eigenvalue weighted by Crippen LogP contribution is 2.37. The van der Waals surface area contributed by atoms with Gasteiger partial charge in [0.1, 0.15) is 0 Å². The fourth-order valence-electron chi connectivity index (χ4n) is 6.49. The van der Waals surface area contributed by atoms with Gasteiger partial charge in [0.25, 0.3) is 0 Å². The summed E-state index contributed by atoms with van der Waals surface area (Å²) in [5.41, 5.74) is 10.6. The van der Waals surface area contributed by atoms with Crippen LogP contribution in [0.4, 0.5) is 0 Å². The number of carboxylic acid groups (broad SMARTS) is 1. The van der Waals surface area contributed by atoms with Crippen LogP contribution in [0.15, 0.2) is 103 Å². The van der Waals surface area contributed by atoms with E-state index in [1.165, 1.54) is 16.6 Å². The molecule has 6 heteroatoms. The lowest BCUT2D eigenvalue weighted by atomic mass is 9.93. The molecule has 0 aliphatic rings. The van der Waals surface area contributed by atoms with E-state index in [0.29, 0.717) is 16.6 Å². The molecule has 0 radical (unpaired) electrons. The van der Waals surface area contributed by atoms with E-state index in [9.17, 15) is 9.90 Å². The van der Waals surface area contributed by atoms with E-state index in [1.54, 1.807) is 0 Å². The second-order valence-corrected chi connectivity index (χ2v) is 11.1. The van der Waals surface area contributed by atoms with Gasteiger partial charge in [-0.15, -0.1) is 0 Å². The summed E-state index contributed by atoms with van der Waals surface area (Å²) in [7, 11) is 0. The number of aromatic nitrogens is 4. The quantitative estimate of drug-likeness (QED) is 0.144. The van der Waals surface area contributed by atoms with Gasteiger partial charge in [-0.05, 0) is 70.1 Å². The highest BCUT2D eigenvalue weighted by Gasteiger charge is 2.25. The van der Waals surface area contributed by atoms with Crippen molar-refractivity contribution in [2.24, 2.45) is 0 Å². The van der Waals surface area contributed by atoms with Crippen LogP contribution < -0.4 is 0 Å². The van der Waals surface area contributed by atoms with E-state index in [1.807, 2.05) is 42.6 Å². The number of benzene rings is 4. The number of aromatic carboxylic acids is 1. The Labute approximate surface area is 241 Å². The first kappa shape index (κ1) is 24.3. The van der Waals surface area contributed by atoms with E-state index >= 15 is 0 Å². The molecule has 5 N–H and O–H groups in total. The SMILES string of the molecule is CC(c1[nH]c2ccc(-c3ccc4[nH]cc(Cc5cc6ccccc6[nH]5)c4c3)cc2c1C(=O)O)c1c[nH]c2ccccc12. The Morgan fingerprint density at radius 3 is 2.21 bits per heavy atom. The lowest BCUT2D eigenvalue weighted by Crippen LogP contribution is -2.05. The third kappa shape index (κ3) is 3.84. The number of nitrogens with one attached hydrogen (secondary N) is 4. The van der Waals surface area contributed by atoms with Crippen LogP contribution >= 0.6 is 0 Å². The van der Waals surface area contributed by atoms with E-state index in [2.05, 4.69) is 87.7 Å². The van der Waals surface area contributed by atoms with Crippen molar-refractivity contribution in [2.45, 2.75) is 19.3 Å². The Morgan fingerprint density at radius 1 is 0.714 bits per heavy atom. The fraction of sp³-hybridized carbons (Fsp3) is 0.0833. The largest absolute Gasteiger partial charge is 0.478 e.